The molecule has 4 nitrogen and oxygen atoms in total. The summed E-state index contributed by atoms with van der Waals surface area (Å²) in [6.45, 7) is 1.61. The molecule has 0 amide bonds. The van der Waals surface area contributed by atoms with Gasteiger partial charge in [-0.05, 0) is 85.5 Å². The molecule has 206 valence electrons. The van der Waals surface area contributed by atoms with Crippen LogP contribution in [0.4, 0.5) is 5.69 Å². The van der Waals surface area contributed by atoms with Crippen LogP contribution in [0.15, 0.2) is 109 Å². The number of hydrogen-bond donors (Lipinski definition) is 3. The number of aryl methyl sites for hydroxylation is 1. The highest BCUT2D eigenvalue weighted by Crippen LogP contribution is 2.37. The molecule has 0 spiro atoms. The highest BCUT2D eigenvalue weighted by atomic mass is 15.0. The van der Waals surface area contributed by atoms with Crippen LogP contribution in [-0.4, -0.2) is 17.2 Å². The molecule has 4 aromatic rings. The lowest BCUT2D eigenvalue weighted by atomic mass is 9.81. The molecule has 0 bridgehead atoms. The molecule has 0 radical (unpaired) electrons. The van der Waals surface area contributed by atoms with Crippen molar-refractivity contribution in [2.24, 2.45) is 11.5 Å². The molecule has 6 rings (SSSR count). The van der Waals surface area contributed by atoms with Crippen molar-refractivity contribution >= 4 is 27.5 Å². The fourth-order valence-electron chi connectivity index (χ4n) is 5.93. The Morgan fingerprint density at radius 3 is 2.17 bits per heavy atom. The SMILES string of the molecule is C1=C\C=C/C/C=C\C=C/1.NCCCn1c2cc(-c3cccc(N)c3)ccc2c2ccc(C3CCCC(N)C3)cc21. The second kappa shape index (κ2) is 13.5. The van der Waals surface area contributed by atoms with Gasteiger partial charge in [-0.2, -0.15) is 0 Å². The summed E-state index contributed by atoms with van der Waals surface area (Å²) in [7, 11) is 0. The van der Waals surface area contributed by atoms with E-state index in [-0.39, 0.29) is 0 Å². The maximum atomic E-state index is 6.29. The number of nitrogens with two attached hydrogens (primary N) is 3. The Labute approximate surface area is 238 Å². The van der Waals surface area contributed by atoms with E-state index in [2.05, 4.69) is 71.3 Å². The summed E-state index contributed by atoms with van der Waals surface area (Å²) in [5, 5.41) is 2.61. The summed E-state index contributed by atoms with van der Waals surface area (Å²) < 4.78 is 2.46. The van der Waals surface area contributed by atoms with Crippen molar-refractivity contribution in [3.8, 4) is 11.1 Å². The third-order valence-electron chi connectivity index (χ3n) is 7.98. The molecule has 3 aromatic carbocycles. The van der Waals surface area contributed by atoms with Gasteiger partial charge in [0.15, 0.2) is 0 Å². The van der Waals surface area contributed by atoms with Crippen LogP contribution in [-0.2, 0) is 6.54 Å². The number of aromatic nitrogens is 1. The number of nitrogen functional groups attached to an aromatic ring is 1. The lowest BCUT2D eigenvalue weighted by Gasteiger charge is -2.27. The van der Waals surface area contributed by atoms with E-state index in [0.29, 0.717) is 18.5 Å². The van der Waals surface area contributed by atoms with Crippen molar-refractivity contribution in [3.63, 3.8) is 0 Å². The minimum Gasteiger partial charge on any atom is -0.399 e. The van der Waals surface area contributed by atoms with Gasteiger partial charge in [-0.15, -0.1) is 0 Å². The van der Waals surface area contributed by atoms with Crippen LogP contribution in [0.25, 0.3) is 32.9 Å². The van der Waals surface area contributed by atoms with Crippen LogP contribution in [0.2, 0.25) is 0 Å². The number of fused-ring (bicyclic) bond motifs is 3. The summed E-state index contributed by atoms with van der Waals surface area (Å²) >= 11 is 0. The largest absolute Gasteiger partial charge is 0.399 e. The summed E-state index contributed by atoms with van der Waals surface area (Å²) in [5.74, 6) is 0.567. The molecule has 2 aliphatic rings. The maximum absolute atomic E-state index is 6.29. The molecular formula is C36H42N4. The van der Waals surface area contributed by atoms with Crippen LogP contribution in [0.1, 0.15) is 50.0 Å². The lowest BCUT2D eigenvalue weighted by molar-refractivity contribution is 0.393. The van der Waals surface area contributed by atoms with Crippen LogP contribution in [0.5, 0.6) is 0 Å². The Balaban J connectivity index is 0.000000306. The molecule has 0 saturated heterocycles. The molecule has 2 unspecified atom stereocenters. The fourth-order valence-corrected chi connectivity index (χ4v) is 5.93. The highest BCUT2D eigenvalue weighted by Gasteiger charge is 2.22. The second-order valence-corrected chi connectivity index (χ2v) is 10.9. The van der Waals surface area contributed by atoms with E-state index in [4.69, 9.17) is 17.2 Å². The Kier molecular flexibility index (Phi) is 9.33. The smallest absolute Gasteiger partial charge is 0.0497 e. The van der Waals surface area contributed by atoms with Gasteiger partial charge >= 0.3 is 0 Å². The Bertz CT molecular complexity index is 1530. The number of anilines is 1. The van der Waals surface area contributed by atoms with Crippen molar-refractivity contribution < 1.29 is 0 Å². The molecular weight excluding hydrogens is 488 g/mol. The summed E-state index contributed by atoms with van der Waals surface area (Å²) in [5.41, 5.74) is 25.3. The molecule has 1 heterocycles. The van der Waals surface area contributed by atoms with Gasteiger partial charge in [0.25, 0.3) is 0 Å². The number of rotatable bonds is 5. The van der Waals surface area contributed by atoms with Gasteiger partial charge in [-0.3, -0.25) is 0 Å². The van der Waals surface area contributed by atoms with E-state index in [1.54, 1.807) is 0 Å². The van der Waals surface area contributed by atoms with E-state index < -0.39 is 0 Å². The quantitative estimate of drug-likeness (QED) is 0.229. The van der Waals surface area contributed by atoms with Gasteiger partial charge in [-0.1, -0.05) is 91.4 Å². The Hall–Kier alpha value is -3.86. The summed E-state index contributed by atoms with van der Waals surface area (Å²) in [6.07, 6.45) is 23.2. The van der Waals surface area contributed by atoms with E-state index in [1.807, 2.05) is 42.5 Å². The lowest BCUT2D eigenvalue weighted by Crippen LogP contribution is -2.26. The number of benzene rings is 3. The molecule has 4 heteroatoms. The van der Waals surface area contributed by atoms with Gasteiger partial charge < -0.3 is 21.8 Å². The van der Waals surface area contributed by atoms with Crippen molar-refractivity contribution in [1.29, 1.82) is 0 Å². The monoisotopic (exact) mass is 530 g/mol. The van der Waals surface area contributed by atoms with Crippen molar-refractivity contribution in [2.45, 2.75) is 57.0 Å². The average molecular weight is 531 g/mol. The molecule has 0 aliphatic heterocycles. The maximum Gasteiger partial charge on any atom is 0.0497 e. The minimum absolute atomic E-state index is 0.332. The van der Waals surface area contributed by atoms with Crippen molar-refractivity contribution in [2.75, 3.05) is 12.3 Å². The summed E-state index contributed by atoms with van der Waals surface area (Å²) in [4.78, 5) is 0. The topological polar surface area (TPSA) is 83.0 Å². The first-order valence-corrected chi connectivity index (χ1v) is 14.7. The van der Waals surface area contributed by atoms with Gasteiger partial charge in [0.2, 0.25) is 0 Å². The normalized spacial score (nSPS) is 21.9. The summed E-state index contributed by atoms with van der Waals surface area (Å²) in [6, 6.07) is 22.2. The standard InChI is InChI=1S/C27H32N4.C9H10/c28-12-3-13-31-26-16-20(18-4-1-6-22(29)14-18)8-10-24(26)25-11-9-21(17-27(25)31)19-5-2-7-23(30)15-19;1-2-4-6-8-9-7-5-3-1/h1,4,6,8-11,14,16-17,19,23H,2-3,5,7,12-13,15,28-30H2;1-8H,9H2/b;3-1-,4-2-,7-5-,8-6-. The van der Waals surface area contributed by atoms with E-state index in [1.165, 1.54) is 45.8 Å². The van der Waals surface area contributed by atoms with Crippen LogP contribution in [0.3, 0.4) is 0 Å². The Morgan fingerprint density at radius 1 is 0.750 bits per heavy atom. The zero-order valence-corrected chi connectivity index (χ0v) is 23.4. The Morgan fingerprint density at radius 2 is 1.45 bits per heavy atom. The zero-order chi connectivity index (χ0) is 27.7. The number of allylic oxidation sites excluding steroid dienone is 8. The van der Waals surface area contributed by atoms with E-state index in [9.17, 15) is 0 Å². The zero-order valence-electron chi connectivity index (χ0n) is 23.4. The first kappa shape index (κ1) is 27.7. The fraction of sp³-hybridized carbons (Fsp3) is 0.278. The van der Waals surface area contributed by atoms with Gasteiger partial charge in [0.05, 0.1) is 0 Å². The highest BCUT2D eigenvalue weighted by molar-refractivity contribution is 6.09. The first-order chi connectivity index (χ1) is 19.6. The third-order valence-corrected chi connectivity index (χ3v) is 7.98. The predicted molar refractivity (Wildman–Crippen MR) is 173 cm³/mol. The number of hydrogen-bond acceptors (Lipinski definition) is 3. The van der Waals surface area contributed by atoms with Gasteiger partial charge in [0.1, 0.15) is 0 Å². The van der Waals surface area contributed by atoms with E-state index in [0.717, 1.165) is 43.5 Å². The van der Waals surface area contributed by atoms with Crippen LogP contribution >= 0.6 is 0 Å². The minimum atomic E-state index is 0.332. The number of nitrogens with zero attached hydrogens (tertiary/aromatic N) is 1. The van der Waals surface area contributed by atoms with Gasteiger partial charge in [0, 0.05) is 40.1 Å². The molecule has 1 aromatic heterocycles. The second-order valence-electron chi connectivity index (χ2n) is 10.9. The van der Waals surface area contributed by atoms with Crippen LogP contribution < -0.4 is 17.2 Å². The third kappa shape index (κ3) is 6.64. The van der Waals surface area contributed by atoms with E-state index >= 15 is 0 Å². The van der Waals surface area contributed by atoms with Crippen LogP contribution in [0, 0.1) is 0 Å². The molecule has 2 aliphatic carbocycles. The molecule has 1 fully saturated rings. The molecule has 2 atom stereocenters. The molecule has 6 N–H and O–H groups in total. The van der Waals surface area contributed by atoms with Gasteiger partial charge in [-0.25, -0.2) is 0 Å². The molecule has 1 saturated carbocycles. The predicted octanol–water partition coefficient (Wildman–Crippen LogP) is 7.99. The van der Waals surface area contributed by atoms with Crippen molar-refractivity contribution in [3.05, 3.63) is 115 Å². The van der Waals surface area contributed by atoms with Crippen molar-refractivity contribution in [1.82, 2.24) is 4.57 Å². The molecule has 40 heavy (non-hydrogen) atoms. The average Bonchev–Trinajstić information content (AvgIpc) is 3.36. The first-order valence-electron chi connectivity index (χ1n) is 14.7.